The molecular weight excluding hydrogens is 420 g/mol. The van der Waals surface area contributed by atoms with Gasteiger partial charge in [0.25, 0.3) is 0 Å². The van der Waals surface area contributed by atoms with Gasteiger partial charge in [-0.2, -0.15) is 0 Å². The van der Waals surface area contributed by atoms with Gasteiger partial charge in [-0.05, 0) is 80.0 Å². The number of amides is 1. The number of imidazole rings is 1. The number of carbonyl (C=O) groups excluding carboxylic acids is 1. The van der Waals surface area contributed by atoms with E-state index in [4.69, 9.17) is 11.6 Å². The van der Waals surface area contributed by atoms with Crippen LogP contribution in [0.15, 0.2) is 55.1 Å². The average molecular weight is 447 g/mol. The Morgan fingerprint density at radius 1 is 1.00 bits per heavy atom. The molecule has 0 aliphatic heterocycles. The Balaban J connectivity index is 1.25. The first kappa shape index (κ1) is 20.0. The molecule has 3 aromatic rings. The second kappa shape index (κ2) is 7.45. The van der Waals surface area contributed by atoms with Gasteiger partial charge in [-0.3, -0.25) is 4.57 Å². The fourth-order valence-electron chi connectivity index (χ4n) is 6.83. The van der Waals surface area contributed by atoms with Crippen LogP contribution < -0.4 is 0 Å². The molecule has 164 valence electrons. The maximum absolute atomic E-state index is 13.5. The topological polar surface area (TPSA) is 51.0 Å². The zero-order valence-electron chi connectivity index (χ0n) is 18.2. The number of nitrogens with zero attached hydrogens (tertiary/aromatic N) is 4. The maximum atomic E-state index is 13.5. The van der Waals surface area contributed by atoms with E-state index in [2.05, 4.69) is 16.0 Å². The van der Waals surface area contributed by atoms with Gasteiger partial charge < -0.3 is 4.90 Å². The summed E-state index contributed by atoms with van der Waals surface area (Å²) in [6.45, 7) is 0. The third-order valence-corrected chi connectivity index (χ3v) is 8.25. The first-order valence-corrected chi connectivity index (χ1v) is 11.9. The lowest BCUT2D eigenvalue weighted by atomic mass is 9.52. The van der Waals surface area contributed by atoms with Crippen LogP contribution in [-0.2, 0) is 0 Å². The molecule has 4 saturated carbocycles. The highest BCUT2D eigenvalue weighted by Gasteiger charge is 2.54. The fraction of sp³-hybridized carbons (Fsp3) is 0.423. The van der Waals surface area contributed by atoms with Gasteiger partial charge in [0, 0.05) is 36.1 Å². The van der Waals surface area contributed by atoms with Crippen molar-refractivity contribution in [1.82, 2.24) is 19.4 Å². The van der Waals surface area contributed by atoms with E-state index in [1.165, 1.54) is 38.5 Å². The summed E-state index contributed by atoms with van der Waals surface area (Å²) in [5.74, 6) is 2.42. The second-order valence-corrected chi connectivity index (χ2v) is 10.5. The minimum atomic E-state index is 0.0313. The van der Waals surface area contributed by atoms with Crippen molar-refractivity contribution in [2.75, 3.05) is 7.05 Å². The Kier molecular flexibility index (Phi) is 4.65. The van der Waals surface area contributed by atoms with Crippen molar-refractivity contribution in [3.63, 3.8) is 0 Å². The van der Waals surface area contributed by atoms with Crippen LogP contribution in [-0.4, -0.2) is 38.1 Å². The van der Waals surface area contributed by atoms with Crippen LogP contribution in [0.3, 0.4) is 0 Å². The molecule has 4 fully saturated rings. The monoisotopic (exact) mass is 446 g/mol. The van der Waals surface area contributed by atoms with Crippen LogP contribution in [0.2, 0.25) is 5.15 Å². The zero-order valence-corrected chi connectivity index (χ0v) is 19.0. The minimum absolute atomic E-state index is 0.0313. The first-order chi connectivity index (χ1) is 15.5. The lowest BCUT2D eigenvalue weighted by molar-refractivity contribution is -0.0620. The highest BCUT2D eigenvalue weighted by atomic mass is 35.5. The largest absolute Gasteiger partial charge is 0.329 e. The summed E-state index contributed by atoms with van der Waals surface area (Å²) < 4.78 is 1.66. The third-order valence-electron chi connectivity index (χ3n) is 8.03. The molecule has 32 heavy (non-hydrogen) atoms. The molecule has 6 heteroatoms. The van der Waals surface area contributed by atoms with Gasteiger partial charge >= 0.3 is 6.03 Å². The summed E-state index contributed by atoms with van der Waals surface area (Å²) in [6.07, 6.45) is 12.9. The molecule has 2 aromatic heterocycles. The van der Waals surface area contributed by atoms with Crippen LogP contribution in [0.5, 0.6) is 0 Å². The molecule has 0 N–H and O–H groups in total. The lowest BCUT2D eigenvalue weighted by Crippen LogP contribution is -2.60. The normalized spacial score (nSPS) is 28.1. The Labute approximate surface area is 193 Å². The third kappa shape index (κ3) is 3.34. The van der Waals surface area contributed by atoms with Crippen molar-refractivity contribution in [1.29, 1.82) is 0 Å². The van der Waals surface area contributed by atoms with E-state index in [0.717, 1.165) is 40.1 Å². The van der Waals surface area contributed by atoms with Crippen LogP contribution >= 0.6 is 11.6 Å². The van der Waals surface area contributed by atoms with Crippen molar-refractivity contribution in [2.45, 2.75) is 44.1 Å². The van der Waals surface area contributed by atoms with Crippen molar-refractivity contribution >= 4 is 17.6 Å². The molecule has 5 nitrogen and oxygen atoms in total. The molecule has 2 heterocycles. The molecule has 4 aliphatic rings. The van der Waals surface area contributed by atoms with Gasteiger partial charge in [0.15, 0.2) is 0 Å². The van der Waals surface area contributed by atoms with Gasteiger partial charge in [-0.15, -0.1) is 0 Å². The van der Waals surface area contributed by atoms with Gasteiger partial charge in [-0.1, -0.05) is 29.8 Å². The number of halogens is 1. The molecule has 4 aliphatic carbocycles. The van der Waals surface area contributed by atoms with E-state index in [0.29, 0.717) is 5.15 Å². The highest BCUT2D eigenvalue weighted by molar-refractivity contribution is 6.29. The Hall–Kier alpha value is -2.66. The second-order valence-electron chi connectivity index (χ2n) is 10.1. The molecule has 1 aromatic carbocycles. The number of rotatable bonds is 3. The van der Waals surface area contributed by atoms with E-state index in [9.17, 15) is 4.79 Å². The summed E-state index contributed by atoms with van der Waals surface area (Å²) in [6, 6.07) is 11.9. The summed E-state index contributed by atoms with van der Waals surface area (Å²) >= 11 is 5.92. The number of hydrogen-bond acceptors (Lipinski definition) is 3. The Morgan fingerprint density at radius 2 is 1.69 bits per heavy atom. The Bertz CT molecular complexity index is 1130. The van der Waals surface area contributed by atoms with E-state index in [-0.39, 0.29) is 11.6 Å². The van der Waals surface area contributed by atoms with Crippen molar-refractivity contribution in [3.05, 3.63) is 60.3 Å². The predicted octanol–water partition coefficient (Wildman–Crippen LogP) is 6.13. The molecule has 0 saturated heterocycles. The molecule has 0 atom stereocenters. The molecule has 0 spiro atoms. The summed E-state index contributed by atoms with van der Waals surface area (Å²) in [5, 5.41) is 0.477. The Morgan fingerprint density at radius 3 is 2.34 bits per heavy atom. The van der Waals surface area contributed by atoms with Crippen molar-refractivity contribution in [3.8, 4) is 22.4 Å². The average Bonchev–Trinajstić information content (AvgIpc) is 3.28. The van der Waals surface area contributed by atoms with Crippen LogP contribution in [0.4, 0.5) is 4.79 Å². The SMILES string of the molecule is CN(C(=O)n1cnc(-c2cccc(-c3ccc(Cl)nc3)c2)c1)C12CC3CC(CC(C3)C1)C2. The van der Waals surface area contributed by atoms with E-state index in [1.54, 1.807) is 23.2 Å². The molecule has 0 unspecified atom stereocenters. The zero-order chi connectivity index (χ0) is 21.9. The lowest BCUT2D eigenvalue weighted by Gasteiger charge is -2.59. The first-order valence-electron chi connectivity index (χ1n) is 11.5. The van der Waals surface area contributed by atoms with Crippen molar-refractivity contribution < 1.29 is 4.79 Å². The van der Waals surface area contributed by atoms with E-state index in [1.807, 2.05) is 42.4 Å². The van der Waals surface area contributed by atoms with Crippen LogP contribution in [0.1, 0.15) is 38.5 Å². The molecule has 1 amide bonds. The van der Waals surface area contributed by atoms with Gasteiger partial charge in [0.1, 0.15) is 11.5 Å². The van der Waals surface area contributed by atoms with Crippen LogP contribution in [0.25, 0.3) is 22.4 Å². The van der Waals surface area contributed by atoms with Gasteiger partial charge in [0.2, 0.25) is 0 Å². The maximum Gasteiger partial charge on any atom is 0.329 e. The fourth-order valence-corrected chi connectivity index (χ4v) is 6.94. The van der Waals surface area contributed by atoms with E-state index >= 15 is 0 Å². The molecular formula is C26H27ClN4O. The predicted molar refractivity (Wildman–Crippen MR) is 125 cm³/mol. The van der Waals surface area contributed by atoms with Gasteiger partial charge in [-0.25, -0.2) is 14.8 Å². The molecule has 7 rings (SSSR count). The summed E-state index contributed by atoms with van der Waals surface area (Å²) in [5.41, 5.74) is 3.84. The van der Waals surface area contributed by atoms with Crippen LogP contribution in [0, 0.1) is 17.8 Å². The summed E-state index contributed by atoms with van der Waals surface area (Å²) in [7, 11) is 2.00. The molecule has 4 bridgehead atoms. The number of hydrogen-bond donors (Lipinski definition) is 0. The number of pyridine rings is 1. The standard InChI is InChI=1S/C26H27ClN4O/c1-30(26-11-17-7-18(12-26)9-19(8-17)13-26)25(32)31-15-23(29-16-31)21-4-2-3-20(10-21)22-5-6-24(27)28-14-22/h2-6,10,14-19H,7-9,11-13H2,1H3. The van der Waals surface area contributed by atoms with E-state index < -0.39 is 0 Å². The number of aromatic nitrogens is 3. The highest BCUT2D eigenvalue weighted by Crippen LogP contribution is 2.57. The molecule has 0 radical (unpaired) electrons. The summed E-state index contributed by atoms with van der Waals surface area (Å²) in [4.78, 5) is 24.2. The minimum Gasteiger partial charge on any atom is -0.321 e. The number of benzene rings is 1. The number of carbonyl (C=O) groups is 1. The smallest absolute Gasteiger partial charge is 0.321 e. The van der Waals surface area contributed by atoms with Gasteiger partial charge in [0.05, 0.1) is 5.69 Å². The van der Waals surface area contributed by atoms with Crippen molar-refractivity contribution in [2.24, 2.45) is 17.8 Å². The quantitative estimate of drug-likeness (QED) is 0.454.